The molecule has 0 aromatic carbocycles. The zero-order chi connectivity index (χ0) is 12.3. The Bertz CT molecular complexity index is 291. The van der Waals surface area contributed by atoms with Gasteiger partial charge in [0.05, 0.1) is 12.2 Å². The minimum absolute atomic E-state index is 0.417. The molecule has 0 aromatic heterocycles. The summed E-state index contributed by atoms with van der Waals surface area (Å²) in [7, 11) is 2.17. The van der Waals surface area contributed by atoms with E-state index in [0.29, 0.717) is 24.0 Å². The maximum Gasteiger partial charge on any atom is 0.0661 e. The minimum atomic E-state index is 0.417. The van der Waals surface area contributed by atoms with E-state index in [-0.39, 0.29) is 0 Å². The van der Waals surface area contributed by atoms with Crippen LogP contribution in [0.1, 0.15) is 45.4 Å². The second-order valence-electron chi connectivity index (χ2n) is 5.52. The van der Waals surface area contributed by atoms with Crippen molar-refractivity contribution in [2.45, 2.75) is 57.6 Å². The molecule has 0 amide bonds. The van der Waals surface area contributed by atoms with Gasteiger partial charge >= 0.3 is 0 Å². The van der Waals surface area contributed by atoms with Gasteiger partial charge in [0.25, 0.3) is 0 Å². The fraction of sp³-hybridized carbons (Fsp3) is 0.929. The molecule has 1 spiro atoms. The predicted molar refractivity (Wildman–Crippen MR) is 67.6 cm³/mol. The number of ether oxygens (including phenoxy) is 1. The molecule has 0 N–H and O–H groups in total. The van der Waals surface area contributed by atoms with Crippen molar-refractivity contribution >= 4 is 0 Å². The summed E-state index contributed by atoms with van der Waals surface area (Å²) in [6.45, 7) is 3.83. The third-order valence-corrected chi connectivity index (χ3v) is 4.75. The summed E-state index contributed by atoms with van der Waals surface area (Å²) in [5.41, 5.74) is 0.417. The van der Waals surface area contributed by atoms with E-state index < -0.39 is 0 Å². The van der Waals surface area contributed by atoms with E-state index in [1.807, 2.05) is 0 Å². The molecule has 0 aromatic rings. The Morgan fingerprint density at radius 3 is 2.71 bits per heavy atom. The number of rotatable bonds is 5. The molecule has 2 aliphatic carbocycles. The second kappa shape index (κ2) is 5.37. The number of nitrogens with zero attached hydrogens (tertiary/aromatic N) is 2. The van der Waals surface area contributed by atoms with Crippen molar-refractivity contribution in [2.24, 2.45) is 5.41 Å². The van der Waals surface area contributed by atoms with Gasteiger partial charge < -0.3 is 9.64 Å². The van der Waals surface area contributed by atoms with E-state index in [4.69, 9.17) is 10.00 Å². The molecule has 3 heteroatoms. The Hall–Kier alpha value is -0.590. The Balaban J connectivity index is 1.97. The van der Waals surface area contributed by atoms with Crippen molar-refractivity contribution in [3.63, 3.8) is 0 Å². The molecule has 3 nitrogen and oxygen atoms in total. The highest BCUT2D eigenvalue weighted by molar-refractivity contribution is 5.10. The van der Waals surface area contributed by atoms with Gasteiger partial charge in [-0.1, -0.05) is 12.8 Å². The summed E-state index contributed by atoms with van der Waals surface area (Å²) < 4.78 is 5.91. The van der Waals surface area contributed by atoms with Crippen molar-refractivity contribution in [3.05, 3.63) is 0 Å². The molecular formula is C14H24N2O. The van der Waals surface area contributed by atoms with Gasteiger partial charge in [0.2, 0.25) is 0 Å². The molecule has 0 unspecified atom stereocenters. The minimum Gasteiger partial charge on any atom is -0.378 e. The van der Waals surface area contributed by atoms with E-state index >= 15 is 0 Å². The number of nitriles is 1. The highest BCUT2D eigenvalue weighted by Gasteiger charge is 2.57. The first-order valence-electron chi connectivity index (χ1n) is 6.93. The molecule has 0 saturated heterocycles. The van der Waals surface area contributed by atoms with Gasteiger partial charge in [-0.05, 0) is 33.2 Å². The van der Waals surface area contributed by atoms with E-state index in [1.165, 1.54) is 25.7 Å². The SMILES string of the molecule is CCO[C@@H]1C[C@H](N(C)CCC#N)C12CCCC2. The summed E-state index contributed by atoms with van der Waals surface area (Å²) in [6, 6.07) is 2.89. The van der Waals surface area contributed by atoms with Gasteiger partial charge in [-0.3, -0.25) is 0 Å². The molecule has 2 rings (SSSR count). The Morgan fingerprint density at radius 1 is 1.41 bits per heavy atom. The van der Waals surface area contributed by atoms with Crippen LogP contribution in [-0.2, 0) is 4.74 Å². The zero-order valence-electron chi connectivity index (χ0n) is 11.1. The molecule has 0 bridgehead atoms. The van der Waals surface area contributed by atoms with Crippen molar-refractivity contribution in [1.29, 1.82) is 5.26 Å². The highest BCUT2D eigenvalue weighted by Crippen LogP contribution is 2.56. The lowest BCUT2D eigenvalue weighted by Crippen LogP contribution is -2.63. The lowest BCUT2D eigenvalue weighted by Gasteiger charge is -2.57. The van der Waals surface area contributed by atoms with Crippen LogP contribution in [0.3, 0.4) is 0 Å². The van der Waals surface area contributed by atoms with E-state index in [0.717, 1.165) is 19.6 Å². The van der Waals surface area contributed by atoms with Gasteiger partial charge in [0.1, 0.15) is 0 Å². The lowest BCUT2D eigenvalue weighted by molar-refractivity contribution is -0.160. The molecule has 2 saturated carbocycles. The average Bonchev–Trinajstić information content (AvgIpc) is 2.83. The second-order valence-corrected chi connectivity index (χ2v) is 5.52. The van der Waals surface area contributed by atoms with Crippen molar-refractivity contribution in [1.82, 2.24) is 4.90 Å². The van der Waals surface area contributed by atoms with Crippen LogP contribution in [-0.4, -0.2) is 37.2 Å². The van der Waals surface area contributed by atoms with Crippen molar-refractivity contribution < 1.29 is 4.74 Å². The topological polar surface area (TPSA) is 36.3 Å². The number of hydrogen-bond donors (Lipinski definition) is 0. The molecule has 2 aliphatic rings. The number of hydrogen-bond acceptors (Lipinski definition) is 3. The summed E-state index contributed by atoms with van der Waals surface area (Å²) in [4.78, 5) is 2.39. The van der Waals surface area contributed by atoms with Crippen LogP contribution in [0.25, 0.3) is 0 Å². The van der Waals surface area contributed by atoms with Crippen LogP contribution in [0, 0.1) is 16.7 Å². The molecule has 2 fully saturated rings. The van der Waals surface area contributed by atoms with Crippen LogP contribution >= 0.6 is 0 Å². The predicted octanol–water partition coefficient (Wildman–Crippen LogP) is 2.57. The first-order valence-corrected chi connectivity index (χ1v) is 6.93. The Kier molecular flexibility index (Phi) is 4.06. The summed E-state index contributed by atoms with van der Waals surface area (Å²) in [6.07, 6.45) is 7.62. The smallest absolute Gasteiger partial charge is 0.0661 e. The quantitative estimate of drug-likeness (QED) is 0.736. The molecule has 2 atom stereocenters. The molecule has 17 heavy (non-hydrogen) atoms. The van der Waals surface area contributed by atoms with E-state index in [9.17, 15) is 0 Å². The molecule has 0 radical (unpaired) electrons. The third kappa shape index (κ3) is 2.21. The lowest BCUT2D eigenvalue weighted by atomic mass is 9.60. The van der Waals surface area contributed by atoms with Gasteiger partial charge in [-0.2, -0.15) is 5.26 Å². The van der Waals surface area contributed by atoms with Gasteiger partial charge in [0.15, 0.2) is 0 Å². The first kappa shape index (κ1) is 12.9. The van der Waals surface area contributed by atoms with Crippen molar-refractivity contribution in [2.75, 3.05) is 20.2 Å². The average molecular weight is 236 g/mol. The van der Waals surface area contributed by atoms with Gasteiger partial charge in [0, 0.05) is 31.0 Å². The van der Waals surface area contributed by atoms with Crippen LogP contribution in [0.2, 0.25) is 0 Å². The largest absolute Gasteiger partial charge is 0.378 e. The van der Waals surface area contributed by atoms with Crippen LogP contribution < -0.4 is 0 Å². The standard InChI is InChI=1S/C14H24N2O/c1-3-17-13-11-12(16(2)10-6-9-15)14(13)7-4-5-8-14/h12-13H,3-8,10-11H2,1-2H3/t12-,13+/m0/s1. The molecule has 96 valence electrons. The summed E-state index contributed by atoms with van der Waals surface area (Å²) >= 11 is 0. The Morgan fingerprint density at radius 2 is 2.12 bits per heavy atom. The maximum absolute atomic E-state index is 8.68. The summed E-state index contributed by atoms with van der Waals surface area (Å²) in [5.74, 6) is 0. The fourth-order valence-electron chi connectivity index (χ4n) is 3.85. The van der Waals surface area contributed by atoms with E-state index in [1.54, 1.807) is 0 Å². The maximum atomic E-state index is 8.68. The van der Waals surface area contributed by atoms with Gasteiger partial charge in [-0.15, -0.1) is 0 Å². The summed E-state index contributed by atoms with van der Waals surface area (Å²) in [5, 5.41) is 8.68. The zero-order valence-corrected chi connectivity index (χ0v) is 11.1. The fourth-order valence-corrected chi connectivity index (χ4v) is 3.85. The Labute approximate surface area is 105 Å². The van der Waals surface area contributed by atoms with Crippen LogP contribution in [0.5, 0.6) is 0 Å². The first-order chi connectivity index (χ1) is 8.24. The molecule has 0 aliphatic heterocycles. The van der Waals surface area contributed by atoms with Crippen LogP contribution in [0.4, 0.5) is 0 Å². The highest BCUT2D eigenvalue weighted by atomic mass is 16.5. The van der Waals surface area contributed by atoms with E-state index in [2.05, 4.69) is 24.9 Å². The van der Waals surface area contributed by atoms with Crippen LogP contribution in [0.15, 0.2) is 0 Å². The molecule has 0 heterocycles. The third-order valence-electron chi connectivity index (χ3n) is 4.75. The monoisotopic (exact) mass is 236 g/mol. The molecular weight excluding hydrogens is 212 g/mol. The van der Waals surface area contributed by atoms with Gasteiger partial charge in [-0.25, -0.2) is 0 Å². The van der Waals surface area contributed by atoms with Crippen molar-refractivity contribution in [3.8, 4) is 6.07 Å². The normalized spacial score (nSPS) is 30.5.